The Morgan fingerprint density at radius 2 is 1.80 bits per heavy atom. The predicted molar refractivity (Wildman–Crippen MR) is 73.6 cm³/mol. The average molecular weight is 277 g/mol. The molecule has 20 heavy (non-hydrogen) atoms. The summed E-state index contributed by atoms with van der Waals surface area (Å²) in [6, 6.07) is 0. The lowest BCUT2D eigenvalue weighted by Gasteiger charge is -2.56. The highest BCUT2D eigenvalue weighted by Gasteiger charge is 2.50. The molecule has 1 N–H and O–H groups in total. The summed E-state index contributed by atoms with van der Waals surface area (Å²) in [5.74, 6) is 2.99. The molecule has 0 radical (unpaired) electrons. The van der Waals surface area contributed by atoms with Crippen molar-refractivity contribution in [3.05, 3.63) is 12.0 Å². The van der Waals surface area contributed by atoms with Crippen LogP contribution in [0.4, 0.5) is 0 Å². The van der Waals surface area contributed by atoms with Gasteiger partial charge in [-0.15, -0.1) is 0 Å². The monoisotopic (exact) mass is 277 g/mol. The van der Waals surface area contributed by atoms with Crippen LogP contribution in [0.2, 0.25) is 0 Å². The van der Waals surface area contributed by atoms with Crippen molar-refractivity contribution < 1.29 is 14.3 Å². The first-order valence-corrected chi connectivity index (χ1v) is 7.95. The van der Waals surface area contributed by atoms with Crippen molar-refractivity contribution in [2.75, 3.05) is 19.8 Å². The van der Waals surface area contributed by atoms with Gasteiger partial charge in [0.1, 0.15) is 19.5 Å². The van der Waals surface area contributed by atoms with E-state index >= 15 is 0 Å². The lowest BCUT2D eigenvalue weighted by atomic mass is 9.49. The Morgan fingerprint density at radius 1 is 1.15 bits per heavy atom. The first-order valence-electron chi connectivity index (χ1n) is 7.95. The Morgan fingerprint density at radius 3 is 2.35 bits per heavy atom. The third kappa shape index (κ3) is 2.19. The van der Waals surface area contributed by atoms with Crippen molar-refractivity contribution in [3.63, 3.8) is 0 Å². The summed E-state index contributed by atoms with van der Waals surface area (Å²) in [6.07, 6.45) is 9.71. The van der Waals surface area contributed by atoms with Gasteiger partial charge in [-0.3, -0.25) is 4.79 Å². The molecule has 1 heterocycles. The molecule has 1 aliphatic heterocycles. The number of hydrogen-bond donors (Lipinski definition) is 1. The third-order valence-electron chi connectivity index (χ3n) is 5.66. The van der Waals surface area contributed by atoms with Gasteiger partial charge >= 0.3 is 0 Å². The fraction of sp³-hybridized carbons (Fsp3) is 0.812. The maximum absolute atomic E-state index is 12.1. The standard InChI is InChI=1S/C16H23NO3/c18-15(14-9-19-1-2-20-14)17-10-16-6-11-3-12(7-16)5-13(4-11)8-16/h9,11-13H,1-8,10H2,(H,17,18). The molecule has 5 aliphatic rings. The molecule has 110 valence electrons. The topological polar surface area (TPSA) is 47.6 Å². The third-order valence-corrected chi connectivity index (χ3v) is 5.66. The van der Waals surface area contributed by atoms with E-state index in [1.54, 1.807) is 0 Å². The van der Waals surface area contributed by atoms with E-state index in [1.807, 2.05) is 0 Å². The summed E-state index contributed by atoms with van der Waals surface area (Å²) >= 11 is 0. The van der Waals surface area contributed by atoms with E-state index in [0.29, 0.717) is 24.4 Å². The van der Waals surface area contributed by atoms with Crippen molar-refractivity contribution in [3.8, 4) is 0 Å². The normalized spacial score (nSPS) is 41.6. The highest BCUT2D eigenvalue weighted by molar-refractivity contribution is 5.91. The van der Waals surface area contributed by atoms with Gasteiger partial charge in [0.15, 0.2) is 0 Å². The number of amides is 1. The lowest BCUT2D eigenvalue weighted by Crippen LogP contribution is -2.51. The molecule has 0 atom stereocenters. The van der Waals surface area contributed by atoms with E-state index in [4.69, 9.17) is 9.47 Å². The van der Waals surface area contributed by atoms with E-state index in [-0.39, 0.29) is 5.91 Å². The molecule has 4 nitrogen and oxygen atoms in total. The van der Waals surface area contributed by atoms with E-state index in [1.165, 1.54) is 44.8 Å². The Labute approximate surface area is 119 Å². The van der Waals surface area contributed by atoms with Crippen LogP contribution in [0.3, 0.4) is 0 Å². The molecular weight excluding hydrogens is 254 g/mol. The van der Waals surface area contributed by atoms with Crippen LogP contribution < -0.4 is 5.32 Å². The van der Waals surface area contributed by atoms with E-state index in [0.717, 1.165) is 24.3 Å². The molecular formula is C16H23NO3. The Balaban J connectivity index is 1.39. The maximum Gasteiger partial charge on any atom is 0.289 e. The molecule has 0 saturated heterocycles. The highest BCUT2D eigenvalue weighted by atomic mass is 16.6. The van der Waals surface area contributed by atoms with Crippen LogP contribution in [0.25, 0.3) is 0 Å². The second-order valence-corrected chi connectivity index (χ2v) is 7.30. The number of rotatable bonds is 3. The first-order chi connectivity index (χ1) is 9.72. The molecule has 4 saturated carbocycles. The van der Waals surface area contributed by atoms with Gasteiger partial charge in [0.05, 0.1) is 0 Å². The van der Waals surface area contributed by atoms with Crippen molar-refractivity contribution in [2.45, 2.75) is 38.5 Å². The van der Waals surface area contributed by atoms with Gasteiger partial charge in [-0.2, -0.15) is 0 Å². The van der Waals surface area contributed by atoms with Crippen LogP contribution in [0.5, 0.6) is 0 Å². The number of ether oxygens (including phenoxy) is 2. The van der Waals surface area contributed by atoms with Gasteiger partial charge in [0, 0.05) is 6.54 Å². The molecule has 0 aromatic rings. The zero-order valence-corrected chi connectivity index (χ0v) is 11.9. The molecule has 1 amide bonds. The van der Waals surface area contributed by atoms with E-state index in [9.17, 15) is 4.79 Å². The molecule has 4 heteroatoms. The molecule has 0 spiro atoms. The summed E-state index contributed by atoms with van der Waals surface area (Å²) in [5, 5.41) is 3.10. The SMILES string of the molecule is O=C(NCC12CC3CC(CC(C3)C1)C2)C1=COCCO1. The molecule has 4 fully saturated rings. The second kappa shape index (κ2) is 4.68. The van der Waals surface area contributed by atoms with Gasteiger partial charge in [-0.25, -0.2) is 0 Å². The number of carbonyl (C=O) groups excluding carboxylic acids is 1. The zero-order valence-electron chi connectivity index (χ0n) is 11.9. The van der Waals surface area contributed by atoms with Crippen LogP contribution in [0.1, 0.15) is 38.5 Å². The Bertz CT molecular complexity index is 408. The smallest absolute Gasteiger partial charge is 0.289 e. The van der Waals surface area contributed by atoms with Gasteiger partial charge in [-0.1, -0.05) is 0 Å². The molecule has 5 rings (SSSR count). The van der Waals surface area contributed by atoms with Crippen molar-refractivity contribution in [2.24, 2.45) is 23.2 Å². The summed E-state index contributed by atoms with van der Waals surface area (Å²) in [4.78, 5) is 12.1. The van der Waals surface area contributed by atoms with Crippen LogP contribution in [-0.4, -0.2) is 25.7 Å². The van der Waals surface area contributed by atoms with E-state index in [2.05, 4.69) is 5.32 Å². The van der Waals surface area contributed by atoms with Gasteiger partial charge in [0.2, 0.25) is 5.76 Å². The Kier molecular flexibility index (Phi) is 2.93. The van der Waals surface area contributed by atoms with Gasteiger partial charge < -0.3 is 14.8 Å². The minimum absolute atomic E-state index is 0.111. The predicted octanol–water partition coefficient (Wildman–Crippen LogP) is 2.21. The average Bonchev–Trinajstić information content (AvgIpc) is 2.44. The van der Waals surface area contributed by atoms with Crippen LogP contribution >= 0.6 is 0 Å². The number of nitrogens with one attached hydrogen (secondary N) is 1. The fourth-order valence-electron chi connectivity index (χ4n) is 5.35. The highest BCUT2D eigenvalue weighted by Crippen LogP contribution is 2.59. The molecule has 0 unspecified atom stereocenters. The molecule has 4 aliphatic carbocycles. The van der Waals surface area contributed by atoms with Crippen LogP contribution in [-0.2, 0) is 14.3 Å². The number of hydrogen-bond acceptors (Lipinski definition) is 3. The van der Waals surface area contributed by atoms with Crippen molar-refractivity contribution in [1.29, 1.82) is 0 Å². The summed E-state index contributed by atoms with van der Waals surface area (Å²) in [6.45, 7) is 1.82. The minimum atomic E-state index is -0.111. The molecule has 4 bridgehead atoms. The quantitative estimate of drug-likeness (QED) is 0.860. The fourth-order valence-corrected chi connectivity index (χ4v) is 5.35. The first kappa shape index (κ1) is 12.5. The second-order valence-electron chi connectivity index (χ2n) is 7.30. The lowest BCUT2D eigenvalue weighted by molar-refractivity contribution is -0.124. The maximum atomic E-state index is 12.1. The van der Waals surface area contributed by atoms with E-state index < -0.39 is 0 Å². The van der Waals surface area contributed by atoms with Gasteiger partial charge in [-0.05, 0) is 61.7 Å². The summed E-state index contributed by atoms with van der Waals surface area (Å²) < 4.78 is 10.5. The van der Waals surface area contributed by atoms with Crippen molar-refractivity contribution >= 4 is 5.91 Å². The minimum Gasteiger partial charge on any atom is -0.494 e. The number of carbonyl (C=O) groups is 1. The van der Waals surface area contributed by atoms with Crippen LogP contribution in [0.15, 0.2) is 12.0 Å². The zero-order chi connectivity index (χ0) is 13.6. The summed E-state index contributed by atoms with van der Waals surface area (Å²) in [7, 11) is 0. The van der Waals surface area contributed by atoms with Gasteiger partial charge in [0.25, 0.3) is 5.91 Å². The largest absolute Gasteiger partial charge is 0.494 e. The van der Waals surface area contributed by atoms with Crippen molar-refractivity contribution in [1.82, 2.24) is 5.32 Å². The van der Waals surface area contributed by atoms with Crippen LogP contribution in [0, 0.1) is 23.2 Å². The molecule has 0 aromatic heterocycles. The Hall–Kier alpha value is -1.19. The molecule has 0 aromatic carbocycles. The summed E-state index contributed by atoms with van der Waals surface area (Å²) in [5.41, 5.74) is 0.375.